The molecule has 0 saturated heterocycles. The number of nitrogens with one attached hydrogen (secondary N) is 1. The van der Waals surface area contributed by atoms with Crippen LogP contribution in [0.5, 0.6) is 11.5 Å². The van der Waals surface area contributed by atoms with E-state index in [4.69, 9.17) is 0 Å². The first-order valence-corrected chi connectivity index (χ1v) is 4.93. The monoisotopic (exact) mass is 238 g/mol. The van der Waals surface area contributed by atoms with E-state index in [1.165, 1.54) is 18.2 Å². The molecule has 1 amide bonds. The third-order valence-electron chi connectivity index (χ3n) is 1.78. The molecule has 3 N–H and O–H groups in total. The van der Waals surface area contributed by atoms with Crippen molar-refractivity contribution in [3.8, 4) is 11.5 Å². The molecular weight excluding hydrogens is 232 g/mol. The number of phenolic OH excluding ortho intramolecular Hbond substituents is 2. The second-order valence-corrected chi connectivity index (χ2v) is 3.53. The molecule has 0 aliphatic carbocycles. The van der Waals surface area contributed by atoms with Crippen LogP contribution in [0.25, 0.3) is 0 Å². The topological polar surface area (TPSA) is 108 Å². The fourth-order valence-corrected chi connectivity index (χ4v) is 1.42. The summed E-state index contributed by atoms with van der Waals surface area (Å²) in [6.45, 7) is 0. The fraction of sp³-hybridized carbons (Fsp3) is 0. The number of amides is 1. The molecule has 0 aliphatic rings. The van der Waals surface area contributed by atoms with E-state index in [1.54, 1.807) is 0 Å². The van der Waals surface area contributed by atoms with E-state index in [1.807, 2.05) is 0 Å². The van der Waals surface area contributed by atoms with Gasteiger partial charge in [0.05, 0.1) is 5.56 Å². The van der Waals surface area contributed by atoms with Gasteiger partial charge in [-0.3, -0.25) is 10.1 Å². The number of hydrogen-bond donors (Lipinski definition) is 3. The number of aromatic hydroxyl groups is 2. The van der Waals surface area contributed by atoms with E-state index in [-0.39, 0.29) is 16.4 Å². The van der Waals surface area contributed by atoms with Crippen LogP contribution in [0, 0.1) is 0 Å². The van der Waals surface area contributed by atoms with Crippen molar-refractivity contribution < 1.29 is 15.0 Å². The predicted octanol–water partition coefficient (Wildman–Crippen LogP) is 0.597. The molecule has 16 heavy (non-hydrogen) atoms. The summed E-state index contributed by atoms with van der Waals surface area (Å²) in [5.74, 6) is -1.42. The maximum atomic E-state index is 11.6. The highest BCUT2D eigenvalue weighted by Crippen LogP contribution is 2.28. The van der Waals surface area contributed by atoms with Gasteiger partial charge in [0.1, 0.15) is 0 Å². The number of carbonyl (C=O) groups is 1. The summed E-state index contributed by atoms with van der Waals surface area (Å²) in [7, 11) is 0. The Morgan fingerprint density at radius 2 is 2.19 bits per heavy atom. The average molecular weight is 238 g/mol. The number of carbonyl (C=O) groups excluding carboxylic acids is 1. The Morgan fingerprint density at radius 3 is 2.88 bits per heavy atom. The Labute approximate surface area is 93.5 Å². The second kappa shape index (κ2) is 4.11. The first kappa shape index (κ1) is 10.3. The normalized spacial score (nSPS) is 10.0. The predicted molar refractivity (Wildman–Crippen MR) is 55.4 cm³/mol. The van der Waals surface area contributed by atoms with Crippen molar-refractivity contribution in [3.05, 3.63) is 23.8 Å². The van der Waals surface area contributed by atoms with E-state index in [0.717, 1.165) is 11.5 Å². The first-order chi connectivity index (χ1) is 7.68. The highest BCUT2D eigenvalue weighted by Gasteiger charge is 2.15. The number of benzene rings is 1. The van der Waals surface area contributed by atoms with E-state index in [0.29, 0.717) is 0 Å². The molecule has 1 aromatic heterocycles. The molecule has 0 unspecified atom stereocenters. The second-order valence-electron chi connectivity index (χ2n) is 2.79. The van der Waals surface area contributed by atoms with Gasteiger partial charge >= 0.3 is 0 Å². The van der Waals surface area contributed by atoms with E-state index in [2.05, 4.69) is 20.1 Å². The number of phenols is 2. The SMILES string of the molecule is O=C(Nc1nnns1)c1cccc(O)c1O. The minimum Gasteiger partial charge on any atom is -0.504 e. The Balaban J connectivity index is 2.24. The number of rotatable bonds is 2. The lowest BCUT2D eigenvalue weighted by Crippen LogP contribution is -2.11. The highest BCUT2D eigenvalue weighted by molar-refractivity contribution is 7.09. The Bertz CT molecular complexity index is 514. The van der Waals surface area contributed by atoms with Crippen LogP contribution in [-0.4, -0.2) is 30.9 Å². The molecular formula is C8H6N4O3S. The maximum absolute atomic E-state index is 11.6. The van der Waals surface area contributed by atoms with Gasteiger partial charge in [0.15, 0.2) is 11.5 Å². The molecule has 1 heterocycles. The molecule has 0 radical (unpaired) electrons. The van der Waals surface area contributed by atoms with Gasteiger partial charge in [-0.25, -0.2) is 0 Å². The van der Waals surface area contributed by atoms with Crippen molar-refractivity contribution >= 4 is 22.6 Å². The summed E-state index contributed by atoms with van der Waals surface area (Å²) in [6.07, 6.45) is 0. The van der Waals surface area contributed by atoms with E-state index >= 15 is 0 Å². The zero-order chi connectivity index (χ0) is 11.5. The summed E-state index contributed by atoms with van der Waals surface area (Å²) in [4.78, 5) is 11.6. The molecule has 2 rings (SSSR count). The van der Waals surface area contributed by atoms with Gasteiger partial charge in [-0.15, -0.1) is 0 Å². The van der Waals surface area contributed by atoms with E-state index < -0.39 is 11.7 Å². The third kappa shape index (κ3) is 1.91. The van der Waals surface area contributed by atoms with Crippen LogP contribution in [-0.2, 0) is 0 Å². The van der Waals surface area contributed by atoms with Crippen LogP contribution in [0.1, 0.15) is 10.4 Å². The standard InChI is InChI=1S/C8H6N4O3S/c13-5-3-1-2-4(6(5)14)7(15)9-8-10-11-12-16-8/h1-3,13-14H,(H,9,10,12,15). The van der Waals surface area contributed by atoms with Crippen molar-refractivity contribution in [1.29, 1.82) is 0 Å². The van der Waals surface area contributed by atoms with Crippen molar-refractivity contribution in [3.63, 3.8) is 0 Å². The largest absolute Gasteiger partial charge is 0.504 e. The molecule has 1 aromatic carbocycles. The van der Waals surface area contributed by atoms with Crippen LogP contribution >= 0.6 is 11.5 Å². The fourth-order valence-electron chi connectivity index (χ4n) is 1.06. The number of hydrogen-bond acceptors (Lipinski definition) is 7. The maximum Gasteiger partial charge on any atom is 0.261 e. The minimum absolute atomic E-state index is 0.0461. The summed E-state index contributed by atoms with van der Waals surface area (Å²) < 4.78 is 3.46. The van der Waals surface area contributed by atoms with Crippen LogP contribution in [0.4, 0.5) is 5.13 Å². The van der Waals surface area contributed by atoms with Gasteiger partial charge in [0, 0.05) is 11.5 Å². The van der Waals surface area contributed by atoms with E-state index in [9.17, 15) is 15.0 Å². The smallest absolute Gasteiger partial charge is 0.261 e. The molecule has 0 saturated carbocycles. The quantitative estimate of drug-likeness (QED) is 0.661. The molecule has 82 valence electrons. The van der Waals surface area contributed by atoms with Gasteiger partial charge in [-0.2, -0.15) is 0 Å². The summed E-state index contributed by atoms with van der Waals surface area (Å²) in [5, 5.41) is 28.1. The molecule has 0 fully saturated rings. The van der Waals surface area contributed by atoms with Gasteiger partial charge in [-0.05, 0) is 17.3 Å². The average Bonchev–Trinajstić information content (AvgIpc) is 2.74. The van der Waals surface area contributed by atoms with Gasteiger partial charge in [0.2, 0.25) is 5.13 Å². The van der Waals surface area contributed by atoms with Crippen molar-refractivity contribution in [1.82, 2.24) is 14.8 Å². The number of para-hydroxylation sites is 1. The summed E-state index contributed by atoms with van der Waals surface area (Å²) in [6, 6.07) is 4.10. The molecule has 0 spiro atoms. The Kier molecular flexibility index (Phi) is 2.64. The van der Waals surface area contributed by atoms with Crippen LogP contribution in [0.15, 0.2) is 18.2 Å². The summed E-state index contributed by atoms with van der Waals surface area (Å²) >= 11 is 0.908. The summed E-state index contributed by atoms with van der Waals surface area (Å²) in [5.41, 5.74) is -0.0461. The first-order valence-electron chi connectivity index (χ1n) is 4.16. The molecule has 0 atom stereocenters. The van der Waals surface area contributed by atoms with Crippen LogP contribution in [0.2, 0.25) is 0 Å². The molecule has 0 bridgehead atoms. The number of nitrogens with zero attached hydrogens (tertiary/aromatic N) is 3. The molecule has 7 nitrogen and oxygen atoms in total. The zero-order valence-corrected chi connectivity index (χ0v) is 8.60. The minimum atomic E-state index is -0.591. The van der Waals surface area contributed by atoms with Crippen molar-refractivity contribution in [2.24, 2.45) is 0 Å². The van der Waals surface area contributed by atoms with Gasteiger partial charge < -0.3 is 10.2 Å². The Morgan fingerprint density at radius 1 is 1.38 bits per heavy atom. The lowest BCUT2D eigenvalue weighted by atomic mass is 10.2. The molecule has 2 aromatic rings. The molecule has 8 heteroatoms. The molecule has 0 aliphatic heterocycles. The third-order valence-corrected chi connectivity index (χ3v) is 2.29. The number of aromatic nitrogens is 3. The zero-order valence-electron chi connectivity index (χ0n) is 7.78. The van der Waals surface area contributed by atoms with Gasteiger partial charge in [0.25, 0.3) is 5.91 Å². The lowest BCUT2D eigenvalue weighted by Gasteiger charge is -2.04. The van der Waals surface area contributed by atoms with Crippen molar-refractivity contribution in [2.45, 2.75) is 0 Å². The Hall–Kier alpha value is -2.22. The van der Waals surface area contributed by atoms with Crippen LogP contribution in [0.3, 0.4) is 0 Å². The van der Waals surface area contributed by atoms with Crippen LogP contribution < -0.4 is 5.32 Å². The lowest BCUT2D eigenvalue weighted by molar-refractivity contribution is 0.102. The number of anilines is 1. The van der Waals surface area contributed by atoms with Crippen molar-refractivity contribution in [2.75, 3.05) is 5.32 Å². The highest BCUT2D eigenvalue weighted by atomic mass is 32.1. The van der Waals surface area contributed by atoms with Gasteiger partial charge in [-0.1, -0.05) is 15.7 Å².